The zero-order valence-electron chi connectivity index (χ0n) is 13.2. The van der Waals surface area contributed by atoms with E-state index in [-0.39, 0.29) is 19.0 Å². The van der Waals surface area contributed by atoms with Crippen LogP contribution in [0, 0.1) is 0 Å². The van der Waals surface area contributed by atoms with E-state index < -0.39 is 11.9 Å². The van der Waals surface area contributed by atoms with E-state index in [1.807, 2.05) is 0 Å². The van der Waals surface area contributed by atoms with E-state index >= 15 is 0 Å². The van der Waals surface area contributed by atoms with E-state index in [1.54, 1.807) is 32.0 Å². The third-order valence-corrected chi connectivity index (χ3v) is 2.87. The van der Waals surface area contributed by atoms with Crippen LogP contribution < -0.4 is 0 Å². The smallest absolute Gasteiger partial charge is 0.338 e. The van der Waals surface area contributed by atoms with Gasteiger partial charge < -0.3 is 14.6 Å². The number of hydrogen-bond acceptors (Lipinski definition) is 5. The van der Waals surface area contributed by atoms with Crippen LogP contribution in [0.3, 0.4) is 0 Å². The molecule has 6 nitrogen and oxygen atoms in total. The van der Waals surface area contributed by atoms with E-state index in [9.17, 15) is 14.4 Å². The maximum Gasteiger partial charge on any atom is 0.338 e. The molecule has 0 spiro atoms. The summed E-state index contributed by atoms with van der Waals surface area (Å²) in [6, 6.07) is 4.90. The molecule has 0 atom stereocenters. The van der Waals surface area contributed by atoms with Gasteiger partial charge in [-0.1, -0.05) is 6.07 Å². The molecular formula is C17H20O6. The molecule has 0 saturated heterocycles. The highest BCUT2D eigenvalue weighted by atomic mass is 16.5. The highest BCUT2D eigenvalue weighted by molar-refractivity contribution is 5.91. The van der Waals surface area contributed by atoms with Crippen LogP contribution in [0.15, 0.2) is 24.3 Å². The maximum absolute atomic E-state index is 11.9. The van der Waals surface area contributed by atoms with Crippen molar-refractivity contribution in [1.29, 1.82) is 0 Å². The summed E-state index contributed by atoms with van der Waals surface area (Å²) in [4.78, 5) is 33.9. The fourth-order valence-corrected chi connectivity index (χ4v) is 1.94. The van der Waals surface area contributed by atoms with Crippen LogP contribution in [-0.4, -0.2) is 36.2 Å². The molecule has 0 aliphatic rings. The number of carbonyl (C=O) groups is 3. The van der Waals surface area contributed by atoms with Gasteiger partial charge in [0.25, 0.3) is 0 Å². The molecule has 0 saturated carbocycles. The van der Waals surface area contributed by atoms with Gasteiger partial charge in [0.2, 0.25) is 0 Å². The Kier molecular flexibility index (Phi) is 7.53. The van der Waals surface area contributed by atoms with Gasteiger partial charge in [0.15, 0.2) is 0 Å². The normalized spacial score (nSPS) is 10.5. The number of carboxylic acids is 1. The van der Waals surface area contributed by atoms with Crippen molar-refractivity contribution in [1.82, 2.24) is 0 Å². The van der Waals surface area contributed by atoms with Crippen LogP contribution >= 0.6 is 0 Å². The first-order chi connectivity index (χ1) is 11.0. The zero-order chi connectivity index (χ0) is 17.2. The Labute approximate surface area is 134 Å². The number of hydrogen-bond donors (Lipinski definition) is 1. The van der Waals surface area contributed by atoms with E-state index in [2.05, 4.69) is 0 Å². The summed E-state index contributed by atoms with van der Waals surface area (Å²) in [6.45, 7) is 3.99. The summed E-state index contributed by atoms with van der Waals surface area (Å²) in [7, 11) is 0. The summed E-state index contributed by atoms with van der Waals surface area (Å²) in [6.07, 6.45) is 2.94. The molecule has 0 amide bonds. The molecule has 0 unspecified atom stereocenters. The summed E-state index contributed by atoms with van der Waals surface area (Å²) >= 11 is 0. The lowest BCUT2D eigenvalue weighted by Gasteiger charge is -2.08. The molecular weight excluding hydrogens is 300 g/mol. The van der Waals surface area contributed by atoms with Gasteiger partial charge in [-0.25, -0.2) is 9.59 Å². The molecule has 23 heavy (non-hydrogen) atoms. The summed E-state index contributed by atoms with van der Waals surface area (Å²) in [5.41, 5.74) is 1.60. The van der Waals surface area contributed by atoms with Gasteiger partial charge in [-0.05, 0) is 49.6 Å². The zero-order valence-corrected chi connectivity index (χ0v) is 13.2. The van der Waals surface area contributed by atoms with E-state index in [4.69, 9.17) is 14.6 Å². The number of aryl methyl sites for hydroxylation is 1. The lowest BCUT2D eigenvalue weighted by Crippen LogP contribution is -2.08. The van der Waals surface area contributed by atoms with Crippen molar-refractivity contribution < 1.29 is 29.0 Å². The van der Waals surface area contributed by atoms with Crippen molar-refractivity contribution in [2.45, 2.75) is 26.7 Å². The van der Waals surface area contributed by atoms with Gasteiger partial charge >= 0.3 is 17.9 Å². The molecule has 1 aromatic rings. The first-order valence-electron chi connectivity index (χ1n) is 7.34. The molecule has 0 fully saturated rings. The second kappa shape index (κ2) is 9.40. The average Bonchev–Trinajstić information content (AvgIpc) is 2.51. The second-order valence-electron chi connectivity index (χ2n) is 4.66. The van der Waals surface area contributed by atoms with Gasteiger partial charge in [0.05, 0.1) is 18.8 Å². The molecule has 0 aliphatic heterocycles. The molecule has 1 N–H and O–H groups in total. The van der Waals surface area contributed by atoms with E-state index in [0.29, 0.717) is 24.2 Å². The first kappa shape index (κ1) is 18.4. The largest absolute Gasteiger partial charge is 0.478 e. The number of benzene rings is 1. The van der Waals surface area contributed by atoms with Crippen molar-refractivity contribution >= 4 is 24.0 Å². The van der Waals surface area contributed by atoms with Gasteiger partial charge in [0, 0.05) is 12.5 Å². The molecule has 0 radical (unpaired) electrons. The monoisotopic (exact) mass is 320 g/mol. The van der Waals surface area contributed by atoms with Crippen molar-refractivity contribution in [3.8, 4) is 0 Å². The van der Waals surface area contributed by atoms with Crippen LogP contribution in [0.1, 0.15) is 41.8 Å². The lowest BCUT2D eigenvalue weighted by molar-refractivity contribution is -0.143. The van der Waals surface area contributed by atoms with Crippen LogP contribution in [0.5, 0.6) is 0 Å². The number of ether oxygens (including phenoxy) is 2. The third kappa shape index (κ3) is 6.78. The van der Waals surface area contributed by atoms with Crippen LogP contribution in [-0.2, 0) is 25.5 Å². The summed E-state index contributed by atoms with van der Waals surface area (Å²) in [5.74, 6) is -1.90. The second-order valence-corrected chi connectivity index (χ2v) is 4.66. The topological polar surface area (TPSA) is 89.9 Å². The predicted octanol–water partition coefficient (Wildman–Crippen LogP) is 2.46. The van der Waals surface area contributed by atoms with Crippen LogP contribution in [0.2, 0.25) is 0 Å². The third-order valence-electron chi connectivity index (χ3n) is 2.87. The number of carboxylic acid groups (broad SMARTS) is 1. The molecule has 1 rings (SSSR count). The Balaban J connectivity index is 3.00. The number of rotatable bonds is 8. The quantitative estimate of drug-likeness (QED) is 0.584. The number of aliphatic carboxylic acids is 1. The maximum atomic E-state index is 11.9. The Morgan fingerprint density at radius 1 is 1.09 bits per heavy atom. The van der Waals surface area contributed by atoms with E-state index in [0.717, 1.165) is 11.6 Å². The predicted molar refractivity (Wildman–Crippen MR) is 84.0 cm³/mol. The Bertz CT molecular complexity index is 603. The van der Waals surface area contributed by atoms with Gasteiger partial charge in [0.1, 0.15) is 0 Å². The Morgan fingerprint density at radius 3 is 2.39 bits per heavy atom. The SMILES string of the molecule is CCOC(=O)CCc1cc(/C=C/C(=O)O)cc(C(=O)OCC)c1. The van der Waals surface area contributed by atoms with Crippen molar-refractivity contribution in [3.05, 3.63) is 41.0 Å². The Hall–Kier alpha value is -2.63. The molecule has 0 heterocycles. The molecule has 0 bridgehead atoms. The summed E-state index contributed by atoms with van der Waals surface area (Å²) in [5, 5.41) is 8.70. The van der Waals surface area contributed by atoms with Crippen molar-refractivity contribution in [2.75, 3.05) is 13.2 Å². The van der Waals surface area contributed by atoms with E-state index in [1.165, 1.54) is 6.08 Å². The lowest BCUT2D eigenvalue weighted by atomic mass is 10.0. The molecule has 0 aliphatic carbocycles. The standard InChI is InChI=1S/C17H20O6/c1-3-22-16(20)8-6-13-9-12(5-7-15(18)19)10-14(11-13)17(21)23-4-2/h5,7,9-11H,3-4,6,8H2,1-2H3,(H,18,19)/b7-5+. The fourth-order valence-electron chi connectivity index (χ4n) is 1.94. The van der Waals surface area contributed by atoms with Gasteiger partial charge in [-0.2, -0.15) is 0 Å². The van der Waals surface area contributed by atoms with Crippen molar-refractivity contribution in [2.24, 2.45) is 0 Å². The fraction of sp³-hybridized carbons (Fsp3) is 0.353. The van der Waals surface area contributed by atoms with Gasteiger partial charge in [-0.3, -0.25) is 4.79 Å². The average molecular weight is 320 g/mol. The minimum absolute atomic E-state index is 0.183. The molecule has 6 heteroatoms. The number of carbonyl (C=O) groups excluding carboxylic acids is 2. The highest BCUT2D eigenvalue weighted by Crippen LogP contribution is 2.15. The minimum atomic E-state index is -1.08. The first-order valence-corrected chi connectivity index (χ1v) is 7.34. The highest BCUT2D eigenvalue weighted by Gasteiger charge is 2.10. The Morgan fingerprint density at radius 2 is 1.78 bits per heavy atom. The molecule has 124 valence electrons. The number of esters is 2. The molecule has 1 aromatic carbocycles. The minimum Gasteiger partial charge on any atom is -0.478 e. The van der Waals surface area contributed by atoms with Crippen molar-refractivity contribution in [3.63, 3.8) is 0 Å². The van der Waals surface area contributed by atoms with Gasteiger partial charge in [-0.15, -0.1) is 0 Å². The van der Waals surface area contributed by atoms with Crippen LogP contribution in [0.4, 0.5) is 0 Å². The molecule has 0 aromatic heterocycles. The van der Waals surface area contributed by atoms with Crippen LogP contribution in [0.25, 0.3) is 6.08 Å². The summed E-state index contributed by atoms with van der Waals surface area (Å²) < 4.78 is 9.82.